The zero-order valence-electron chi connectivity index (χ0n) is 7.90. The van der Waals surface area contributed by atoms with Gasteiger partial charge in [-0.15, -0.1) is 6.04 Å². The van der Waals surface area contributed by atoms with Crippen LogP contribution in [0.4, 0.5) is 0 Å². The summed E-state index contributed by atoms with van der Waals surface area (Å²) in [5.41, 5.74) is 7.27. The van der Waals surface area contributed by atoms with Crippen molar-refractivity contribution in [1.29, 1.82) is 0 Å². The summed E-state index contributed by atoms with van der Waals surface area (Å²) in [7, 11) is 0. The van der Waals surface area contributed by atoms with Crippen LogP contribution in [0.2, 0.25) is 0 Å². The number of nitrogens with one attached hydrogen (secondary N) is 1. The Morgan fingerprint density at radius 2 is 1.45 bits per heavy atom. The topological polar surface area (TPSA) is 23.8 Å². The molecule has 1 aliphatic carbocycles. The standard InChI is InChI=1S/C6H12N.C3H7.Mg/c7-6-4-2-1-3-5-6;1-3-2;/h6-7H,1-5H2;3H,1-2H3;/q2*-1;+2. The third-order valence-corrected chi connectivity index (χ3v) is 1.61. The second kappa shape index (κ2) is 10.7. The van der Waals surface area contributed by atoms with Gasteiger partial charge in [0.05, 0.1) is 0 Å². The van der Waals surface area contributed by atoms with Gasteiger partial charge in [-0.2, -0.15) is 13.8 Å². The molecule has 0 unspecified atom stereocenters. The van der Waals surface area contributed by atoms with Gasteiger partial charge in [0.25, 0.3) is 0 Å². The summed E-state index contributed by atoms with van der Waals surface area (Å²) in [6.45, 7) is 4.00. The zero-order valence-corrected chi connectivity index (χ0v) is 9.31. The van der Waals surface area contributed by atoms with Crippen LogP contribution in [-0.4, -0.2) is 29.1 Å². The first-order valence-electron chi connectivity index (χ1n) is 4.26. The van der Waals surface area contributed by atoms with Gasteiger partial charge in [0.2, 0.25) is 0 Å². The minimum absolute atomic E-state index is 0. The van der Waals surface area contributed by atoms with Gasteiger partial charge in [-0.3, -0.25) is 0 Å². The van der Waals surface area contributed by atoms with Gasteiger partial charge in [0.15, 0.2) is 0 Å². The molecule has 0 aliphatic heterocycles. The fourth-order valence-corrected chi connectivity index (χ4v) is 1.10. The van der Waals surface area contributed by atoms with Crippen LogP contribution in [0.5, 0.6) is 0 Å². The molecule has 0 atom stereocenters. The quantitative estimate of drug-likeness (QED) is 0.389. The maximum atomic E-state index is 7.27. The predicted octanol–water partition coefficient (Wildman–Crippen LogP) is 3.22. The van der Waals surface area contributed by atoms with E-state index in [1.165, 1.54) is 19.3 Å². The smallest absolute Gasteiger partial charge is 0.675 e. The van der Waals surface area contributed by atoms with Gasteiger partial charge in [0.1, 0.15) is 0 Å². The van der Waals surface area contributed by atoms with E-state index in [1.54, 1.807) is 0 Å². The van der Waals surface area contributed by atoms with Crippen molar-refractivity contribution in [2.45, 2.75) is 52.0 Å². The van der Waals surface area contributed by atoms with Gasteiger partial charge in [-0.05, 0) is 0 Å². The van der Waals surface area contributed by atoms with Crippen molar-refractivity contribution in [1.82, 2.24) is 0 Å². The molecule has 2 heteroatoms. The second-order valence-corrected chi connectivity index (χ2v) is 2.91. The summed E-state index contributed by atoms with van der Waals surface area (Å²) in [5, 5.41) is 0. The molecule has 0 spiro atoms. The molecule has 1 rings (SSSR count). The minimum Gasteiger partial charge on any atom is -0.675 e. The average molecular weight is 166 g/mol. The van der Waals surface area contributed by atoms with E-state index in [0.717, 1.165) is 12.8 Å². The summed E-state index contributed by atoms with van der Waals surface area (Å²) < 4.78 is 0. The SMILES string of the molecule is C[CH-]C.[Mg+2].[NH-]C1CCCCC1. The van der Waals surface area contributed by atoms with Gasteiger partial charge in [0, 0.05) is 0 Å². The van der Waals surface area contributed by atoms with E-state index < -0.39 is 0 Å². The first-order chi connectivity index (χ1) is 4.81. The van der Waals surface area contributed by atoms with Crippen molar-refractivity contribution in [3.05, 3.63) is 12.2 Å². The number of hydrogen-bond acceptors (Lipinski definition) is 0. The molecule has 0 amide bonds. The Hall–Kier alpha value is 0.726. The molecular formula is C9H19MgN. The van der Waals surface area contributed by atoms with E-state index in [4.69, 9.17) is 5.73 Å². The molecule has 62 valence electrons. The summed E-state index contributed by atoms with van der Waals surface area (Å²) in [5.74, 6) is 0. The fraction of sp³-hybridized carbons (Fsp3) is 0.889. The molecule has 1 saturated carbocycles. The van der Waals surface area contributed by atoms with E-state index in [9.17, 15) is 0 Å². The van der Waals surface area contributed by atoms with E-state index >= 15 is 0 Å². The van der Waals surface area contributed by atoms with Crippen molar-refractivity contribution in [2.24, 2.45) is 0 Å². The van der Waals surface area contributed by atoms with Crippen molar-refractivity contribution in [2.75, 3.05) is 0 Å². The summed E-state index contributed by atoms with van der Waals surface area (Å²) in [6, 6.07) is 0.286. The van der Waals surface area contributed by atoms with Crippen molar-refractivity contribution in [3.63, 3.8) is 0 Å². The van der Waals surface area contributed by atoms with E-state index in [1.807, 2.05) is 20.3 Å². The molecule has 11 heavy (non-hydrogen) atoms. The molecule has 0 bridgehead atoms. The Bertz CT molecular complexity index is 60.6. The summed E-state index contributed by atoms with van der Waals surface area (Å²) >= 11 is 0. The Labute approximate surface area is 87.3 Å². The minimum atomic E-state index is 0. The van der Waals surface area contributed by atoms with Crippen LogP contribution in [0.25, 0.3) is 5.73 Å². The first kappa shape index (κ1) is 14.3. The maximum Gasteiger partial charge on any atom is 2.00 e. The van der Waals surface area contributed by atoms with Crippen LogP contribution in [0.3, 0.4) is 0 Å². The van der Waals surface area contributed by atoms with Crippen LogP contribution in [0, 0.1) is 6.42 Å². The molecule has 1 N–H and O–H groups in total. The molecule has 1 fully saturated rings. The zero-order chi connectivity index (χ0) is 7.82. The summed E-state index contributed by atoms with van der Waals surface area (Å²) in [4.78, 5) is 0. The molecule has 0 saturated heterocycles. The van der Waals surface area contributed by atoms with Crippen molar-refractivity contribution in [3.8, 4) is 0 Å². The Kier molecular flexibility index (Phi) is 13.9. The second-order valence-electron chi connectivity index (χ2n) is 2.91. The van der Waals surface area contributed by atoms with Crippen molar-refractivity contribution < 1.29 is 0 Å². The van der Waals surface area contributed by atoms with Crippen LogP contribution in [0.1, 0.15) is 46.0 Å². The predicted molar refractivity (Wildman–Crippen MR) is 52.6 cm³/mol. The van der Waals surface area contributed by atoms with Crippen LogP contribution < -0.4 is 0 Å². The largest absolute Gasteiger partial charge is 2.00 e. The normalized spacial score (nSPS) is 17.7. The maximum absolute atomic E-state index is 7.27. The number of rotatable bonds is 0. The van der Waals surface area contributed by atoms with Crippen molar-refractivity contribution >= 4 is 23.1 Å². The van der Waals surface area contributed by atoms with Gasteiger partial charge < -0.3 is 12.2 Å². The third-order valence-electron chi connectivity index (χ3n) is 1.61. The van der Waals surface area contributed by atoms with E-state index in [-0.39, 0.29) is 29.1 Å². The monoisotopic (exact) mass is 165 g/mol. The van der Waals surface area contributed by atoms with Crippen LogP contribution in [-0.2, 0) is 0 Å². The van der Waals surface area contributed by atoms with Gasteiger partial charge in [-0.25, -0.2) is 0 Å². The Morgan fingerprint density at radius 3 is 1.64 bits per heavy atom. The molecular weight excluding hydrogens is 146 g/mol. The Morgan fingerprint density at radius 1 is 1.09 bits per heavy atom. The van der Waals surface area contributed by atoms with E-state index in [0.29, 0.717) is 0 Å². The van der Waals surface area contributed by atoms with Gasteiger partial charge >= 0.3 is 23.1 Å². The first-order valence-corrected chi connectivity index (χ1v) is 4.26. The molecule has 0 radical (unpaired) electrons. The fourth-order valence-electron chi connectivity index (χ4n) is 1.10. The molecule has 1 aliphatic rings. The van der Waals surface area contributed by atoms with E-state index in [2.05, 4.69) is 0 Å². The average Bonchev–Trinajstić information content (AvgIpc) is 1.91. The molecule has 0 aromatic carbocycles. The number of hydrogen-bond donors (Lipinski definition) is 0. The third kappa shape index (κ3) is 10.7. The van der Waals surface area contributed by atoms with Crippen LogP contribution in [0.15, 0.2) is 0 Å². The molecule has 0 aromatic rings. The van der Waals surface area contributed by atoms with Crippen LogP contribution >= 0.6 is 0 Å². The molecule has 0 aromatic heterocycles. The summed E-state index contributed by atoms with van der Waals surface area (Å²) in [6.07, 6.45) is 8.28. The Balaban J connectivity index is 0. The molecule has 0 heterocycles. The van der Waals surface area contributed by atoms with Gasteiger partial charge in [-0.1, -0.05) is 32.1 Å². The molecule has 1 nitrogen and oxygen atoms in total.